The van der Waals surface area contributed by atoms with Gasteiger partial charge in [0.1, 0.15) is 5.82 Å². The summed E-state index contributed by atoms with van der Waals surface area (Å²) in [6.45, 7) is 0.892. The van der Waals surface area contributed by atoms with E-state index in [1.807, 2.05) is 0 Å². The van der Waals surface area contributed by atoms with E-state index in [-0.39, 0.29) is 5.25 Å². The minimum Gasteiger partial charge on any atom is -0.247 e. The second-order valence-corrected chi connectivity index (χ2v) is 3.23. The first-order valence-electron chi connectivity index (χ1n) is 3.05. The zero-order chi connectivity index (χ0) is 7.14. The molecule has 1 unspecified atom stereocenters. The number of rotatable bonds is 0. The Kier molecular flexibility index (Phi) is 1.38. The molecule has 0 aromatic carbocycles. The van der Waals surface area contributed by atoms with Gasteiger partial charge in [-0.15, -0.1) is 5.10 Å². The molecule has 1 aromatic rings. The van der Waals surface area contributed by atoms with Crippen molar-refractivity contribution < 1.29 is 0 Å². The van der Waals surface area contributed by atoms with Crippen LogP contribution in [0.3, 0.4) is 0 Å². The molecule has 0 amide bonds. The summed E-state index contributed by atoms with van der Waals surface area (Å²) in [7, 11) is 0. The fraction of sp³-hybridized carbons (Fsp3) is 0.600. The zero-order valence-corrected chi connectivity index (χ0v) is 6.81. The molecule has 1 aromatic heterocycles. The summed E-state index contributed by atoms with van der Waals surface area (Å²) in [6.07, 6.45) is 1.01. The summed E-state index contributed by atoms with van der Waals surface area (Å²) in [6, 6.07) is 0. The van der Waals surface area contributed by atoms with Gasteiger partial charge < -0.3 is 0 Å². The predicted molar refractivity (Wildman–Crippen MR) is 41.4 cm³/mol. The van der Waals surface area contributed by atoms with Crippen LogP contribution in [0.1, 0.15) is 17.5 Å². The number of aromatic nitrogens is 3. The number of hydrogen-bond acceptors (Lipinski definition) is 3. The Morgan fingerprint density at radius 1 is 1.70 bits per heavy atom. The predicted octanol–water partition coefficient (Wildman–Crippen LogP) is 1.31. The van der Waals surface area contributed by atoms with Crippen molar-refractivity contribution in [2.24, 2.45) is 0 Å². The lowest BCUT2D eigenvalue weighted by Crippen LogP contribution is -1.93. The van der Waals surface area contributed by atoms with Gasteiger partial charge in [0.15, 0.2) is 0 Å². The van der Waals surface area contributed by atoms with E-state index < -0.39 is 0 Å². The lowest BCUT2D eigenvalue weighted by molar-refractivity contribution is 0.656. The maximum atomic E-state index is 5.57. The van der Waals surface area contributed by atoms with Gasteiger partial charge in [-0.05, 0) is 18.0 Å². The number of thiol groups is 1. The molecule has 10 heavy (non-hydrogen) atoms. The Balaban J connectivity index is 2.49. The number of nitrogens with zero attached hydrogens (tertiary/aromatic N) is 3. The third-order valence-corrected chi connectivity index (χ3v) is 2.24. The molecule has 0 spiro atoms. The van der Waals surface area contributed by atoms with Crippen LogP contribution in [0.2, 0.25) is 5.28 Å². The highest BCUT2D eigenvalue weighted by molar-refractivity contribution is 7.80. The maximum absolute atomic E-state index is 5.57. The largest absolute Gasteiger partial charge is 0.247 e. The average molecular weight is 176 g/mol. The topological polar surface area (TPSA) is 30.7 Å². The van der Waals surface area contributed by atoms with E-state index in [0.717, 1.165) is 18.8 Å². The summed E-state index contributed by atoms with van der Waals surface area (Å²) < 4.78 is 1.81. The van der Waals surface area contributed by atoms with Gasteiger partial charge in [0.05, 0.1) is 5.25 Å². The highest BCUT2D eigenvalue weighted by atomic mass is 35.5. The van der Waals surface area contributed by atoms with Crippen LogP contribution in [-0.4, -0.2) is 14.8 Å². The maximum Gasteiger partial charge on any atom is 0.242 e. The van der Waals surface area contributed by atoms with Crippen molar-refractivity contribution >= 4 is 24.2 Å². The molecule has 0 fully saturated rings. The Hall–Kier alpha value is -0.220. The molecule has 1 aliphatic rings. The number of halogens is 1. The van der Waals surface area contributed by atoms with Gasteiger partial charge >= 0.3 is 0 Å². The van der Waals surface area contributed by atoms with E-state index in [2.05, 4.69) is 22.7 Å². The van der Waals surface area contributed by atoms with E-state index in [4.69, 9.17) is 11.6 Å². The Morgan fingerprint density at radius 2 is 2.50 bits per heavy atom. The van der Waals surface area contributed by atoms with Crippen LogP contribution >= 0.6 is 24.2 Å². The van der Waals surface area contributed by atoms with Crippen LogP contribution in [0.5, 0.6) is 0 Å². The summed E-state index contributed by atoms with van der Waals surface area (Å²) in [5.41, 5.74) is 0. The molecule has 0 N–H and O–H groups in total. The SMILES string of the molecule is SC1CCn2nc(Cl)nc21. The van der Waals surface area contributed by atoms with Crippen LogP contribution in [0, 0.1) is 0 Å². The normalized spacial score (nSPS) is 23.2. The Morgan fingerprint density at radius 3 is 3.20 bits per heavy atom. The summed E-state index contributed by atoms with van der Waals surface area (Å²) in [4.78, 5) is 4.01. The summed E-state index contributed by atoms with van der Waals surface area (Å²) >= 11 is 9.87. The summed E-state index contributed by atoms with van der Waals surface area (Å²) in [5, 5.41) is 4.51. The molecule has 3 nitrogen and oxygen atoms in total. The minimum absolute atomic E-state index is 0.222. The summed E-state index contributed by atoms with van der Waals surface area (Å²) in [5.74, 6) is 0.897. The molecule has 1 aliphatic heterocycles. The van der Waals surface area contributed by atoms with Crippen molar-refractivity contribution in [2.75, 3.05) is 0 Å². The van der Waals surface area contributed by atoms with Gasteiger partial charge in [0.2, 0.25) is 5.28 Å². The monoisotopic (exact) mass is 175 g/mol. The molecule has 0 saturated carbocycles. The molecule has 0 bridgehead atoms. The first-order valence-corrected chi connectivity index (χ1v) is 3.95. The fourth-order valence-electron chi connectivity index (χ4n) is 1.11. The van der Waals surface area contributed by atoms with E-state index in [1.54, 1.807) is 4.68 Å². The molecule has 2 rings (SSSR count). The highest BCUT2D eigenvalue weighted by Gasteiger charge is 2.22. The van der Waals surface area contributed by atoms with E-state index in [1.165, 1.54) is 0 Å². The van der Waals surface area contributed by atoms with E-state index in [0.29, 0.717) is 5.28 Å². The number of fused-ring (bicyclic) bond motifs is 1. The molecule has 2 heterocycles. The molecule has 1 atom stereocenters. The van der Waals surface area contributed by atoms with E-state index in [9.17, 15) is 0 Å². The van der Waals surface area contributed by atoms with Crippen LogP contribution in [0.25, 0.3) is 0 Å². The molecule has 0 radical (unpaired) electrons. The molecule has 0 aliphatic carbocycles. The molecule has 5 heteroatoms. The van der Waals surface area contributed by atoms with Crippen LogP contribution in [0.4, 0.5) is 0 Å². The van der Waals surface area contributed by atoms with Crippen molar-refractivity contribution in [1.29, 1.82) is 0 Å². The number of hydrogen-bond donors (Lipinski definition) is 1. The van der Waals surface area contributed by atoms with Gasteiger partial charge in [0.25, 0.3) is 0 Å². The zero-order valence-electron chi connectivity index (χ0n) is 5.16. The van der Waals surface area contributed by atoms with Gasteiger partial charge in [0, 0.05) is 6.54 Å². The smallest absolute Gasteiger partial charge is 0.242 e. The van der Waals surface area contributed by atoms with Crippen LogP contribution in [-0.2, 0) is 6.54 Å². The lowest BCUT2D eigenvalue weighted by Gasteiger charge is -1.92. The molecular formula is C5H6ClN3S. The second kappa shape index (κ2) is 2.13. The Bertz CT molecular complexity index is 259. The quantitative estimate of drug-likeness (QED) is 0.603. The average Bonchev–Trinajstić information content (AvgIpc) is 2.35. The van der Waals surface area contributed by atoms with Crippen LogP contribution < -0.4 is 0 Å². The van der Waals surface area contributed by atoms with Crippen molar-refractivity contribution in [3.8, 4) is 0 Å². The van der Waals surface area contributed by atoms with Crippen molar-refractivity contribution in [1.82, 2.24) is 14.8 Å². The first kappa shape index (κ1) is 6.49. The van der Waals surface area contributed by atoms with Crippen molar-refractivity contribution in [3.63, 3.8) is 0 Å². The van der Waals surface area contributed by atoms with Gasteiger partial charge in [-0.1, -0.05) is 0 Å². The van der Waals surface area contributed by atoms with Crippen LogP contribution in [0.15, 0.2) is 0 Å². The Labute approximate surface area is 68.8 Å². The van der Waals surface area contributed by atoms with Crippen molar-refractivity contribution in [3.05, 3.63) is 11.1 Å². The minimum atomic E-state index is 0.222. The first-order chi connectivity index (χ1) is 4.77. The van der Waals surface area contributed by atoms with Gasteiger partial charge in [-0.2, -0.15) is 12.6 Å². The lowest BCUT2D eigenvalue weighted by atomic mass is 10.3. The second-order valence-electron chi connectivity index (χ2n) is 2.27. The third kappa shape index (κ3) is 0.828. The standard InChI is InChI=1S/C5H6ClN3S/c6-5-7-4-3(10)1-2-9(4)8-5/h3,10H,1-2H2. The van der Waals surface area contributed by atoms with Gasteiger partial charge in [-0.25, -0.2) is 9.67 Å². The number of aryl methyl sites for hydroxylation is 1. The van der Waals surface area contributed by atoms with E-state index >= 15 is 0 Å². The fourth-order valence-corrected chi connectivity index (χ4v) is 1.59. The molecule has 0 saturated heterocycles. The highest BCUT2D eigenvalue weighted by Crippen LogP contribution is 2.29. The third-order valence-electron chi connectivity index (χ3n) is 1.59. The molecular weight excluding hydrogens is 170 g/mol. The van der Waals surface area contributed by atoms with Gasteiger partial charge in [-0.3, -0.25) is 0 Å². The molecule has 54 valence electrons. The van der Waals surface area contributed by atoms with Crippen molar-refractivity contribution in [2.45, 2.75) is 18.2 Å².